The molecule has 7 atom stereocenters. The molecule has 4 aliphatic rings. The average Bonchev–Trinajstić information content (AvgIpc) is 2.82. The second-order valence-electron chi connectivity index (χ2n) is 8.47. The van der Waals surface area contributed by atoms with E-state index in [1.54, 1.807) is 0 Å². The Labute approximate surface area is 127 Å². The summed E-state index contributed by atoms with van der Waals surface area (Å²) in [5, 5.41) is 20.8. The molecule has 2 saturated carbocycles. The number of fused-ring (bicyclic) bond motifs is 5. The van der Waals surface area contributed by atoms with Crippen LogP contribution >= 0.6 is 0 Å². The largest absolute Gasteiger partial charge is 0.389 e. The van der Waals surface area contributed by atoms with Gasteiger partial charge in [0.05, 0.1) is 12.2 Å². The molecule has 0 aromatic carbocycles. The summed E-state index contributed by atoms with van der Waals surface area (Å²) in [5.74, 6) is 1.65. The Balaban J connectivity index is 1.77. The summed E-state index contributed by atoms with van der Waals surface area (Å²) in [6.07, 6.45) is 12.9. The van der Waals surface area contributed by atoms with Gasteiger partial charge in [0.25, 0.3) is 0 Å². The van der Waals surface area contributed by atoms with E-state index in [-0.39, 0.29) is 17.6 Å². The Morgan fingerprint density at radius 3 is 2.71 bits per heavy atom. The molecule has 0 heterocycles. The summed E-state index contributed by atoms with van der Waals surface area (Å²) in [6, 6.07) is 0. The lowest BCUT2D eigenvalue weighted by Crippen LogP contribution is -2.52. The van der Waals surface area contributed by atoms with Crippen LogP contribution in [0.25, 0.3) is 0 Å². The van der Waals surface area contributed by atoms with E-state index >= 15 is 0 Å². The van der Waals surface area contributed by atoms with Crippen LogP contribution in [0.2, 0.25) is 0 Å². The van der Waals surface area contributed by atoms with Crippen molar-refractivity contribution in [1.29, 1.82) is 0 Å². The highest BCUT2D eigenvalue weighted by Crippen LogP contribution is 2.63. The number of aliphatic hydroxyl groups is 2. The first-order valence-corrected chi connectivity index (χ1v) is 8.71. The number of hydrogen-bond acceptors (Lipinski definition) is 2. The van der Waals surface area contributed by atoms with Crippen LogP contribution in [0.1, 0.15) is 52.4 Å². The molecule has 116 valence electrons. The zero-order chi connectivity index (χ0) is 14.8. The highest BCUT2D eigenvalue weighted by molar-refractivity contribution is 5.34. The van der Waals surface area contributed by atoms with Crippen LogP contribution in [0.3, 0.4) is 0 Å². The topological polar surface area (TPSA) is 40.5 Å². The van der Waals surface area contributed by atoms with Gasteiger partial charge in [0.2, 0.25) is 0 Å². The fraction of sp³-hybridized carbons (Fsp3) is 0.789. The zero-order valence-corrected chi connectivity index (χ0v) is 13.3. The van der Waals surface area contributed by atoms with Crippen molar-refractivity contribution in [1.82, 2.24) is 0 Å². The number of hydrogen-bond donors (Lipinski definition) is 2. The van der Waals surface area contributed by atoms with Crippen LogP contribution in [0, 0.1) is 28.6 Å². The van der Waals surface area contributed by atoms with E-state index in [0.717, 1.165) is 0 Å². The van der Waals surface area contributed by atoms with Crippen molar-refractivity contribution in [2.45, 2.75) is 64.6 Å². The maximum absolute atomic E-state index is 10.8. The van der Waals surface area contributed by atoms with Gasteiger partial charge in [-0.2, -0.15) is 0 Å². The Hall–Kier alpha value is -0.600. The minimum atomic E-state index is -0.367. The molecule has 2 unspecified atom stereocenters. The number of aliphatic hydroxyl groups excluding tert-OH is 2. The van der Waals surface area contributed by atoms with Gasteiger partial charge >= 0.3 is 0 Å². The van der Waals surface area contributed by atoms with E-state index < -0.39 is 0 Å². The molecule has 0 radical (unpaired) electrons. The molecule has 0 aliphatic heterocycles. The zero-order valence-electron chi connectivity index (χ0n) is 13.3. The summed E-state index contributed by atoms with van der Waals surface area (Å²) in [6.45, 7) is 4.79. The van der Waals surface area contributed by atoms with Crippen molar-refractivity contribution < 1.29 is 10.2 Å². The second-order valence-corrected chi connectivity index (χ2v) is 8.47. The van der Waals surface area contributed by atoms with E-state index in [1.807, 2.05) is 6.08 Å². The molecule has 0 saturated heterocycles. The van der Waals surface area contributed by atoms with Crippen LogP contribution in [-0.4, -0.2) is 22.4 Å². The number of rotatable bonds is 0. The van der Waals surface area contributed by atoms with Gasteiger partial charge in [-0.1, -0.05) is 44.1 Å². The van der Waals surface area contributed by atoms with E-state index in [2.05, 4.69) is 26.0 Å². The van der Waals surface area contributed by atoms with Crippen molar-refractivity contribution >= 4 is 0 Å². The van der Waals surface area contributed by atoms with Gasteiger partial charge in [-0.15, -0.1) is 0 Å². The van der Waals surface area contributed by atoms with Crippen molar-refractivity contribution in [3.63, 3.8) is 0 Å². The van der Waals surface area contributed by atoms with Crippen molar-refractivity contribution in [2.24, 2.45) is 28.6 Å². The molecular weight excluding hydrogens is 260 g/mol. The summed E-state index contributed by atoms with van der Waals surface area (Å²) in [4.78, 5) is 0. The van der Waals surface area contributed by atoms with Gasteiger partial charge in [0.1, 0.15) is 0 Å². The molecule has 2 heteroatoms. The van der Waals surface area contributed by atoms with Crippen LogP contribution in [0.15, 0.2) is 23.8 Å². The predicted molar refractivity (Wildman–Crippen MR) is 83.6 cm³/mol. The lowest BCUT2D eigenvalue weighted by molar-refractivity contribution is -0.0617. The Morgan fingerprint density at radius 1 is 1.10 bits per heavy atom. The van der Waals surface area contributed by atoms with Gasteiger partial charge in [-0.05, 0) is 55.3 Å². The normalized spacial score (nSPS) is 55.4. The van der Waals surface area contributed by atoms with Gasteiger partial charge in [0.15, 0.2) is 0 Å². The minimum Gasteiger partial charge on any atom is -0.389 e. The summed E-state index contributed by atoms with van der Waals surface area (Å²) in [7, 11) is 0. The Kier molecular flexibility index (Phi) is 2.97. The van der Waals surface area contributed by atoms with Crippen LogP contribution < -0.4 is 0 Å². The van der Waals surface area contributed by atoms with Crippen LogP contribution in [-0.2, 0) is 0 Å². The van der Waals surface area contributed by atoms with Crippen molar-refractivity contribution in [3.05, 3.63) is 23.8 Å². The standard InChI is InChI=1S/C19H28O2/c1-18-7-3-4-14(18)17-15(6-8-18)19(2)9-5-13(20)10-12(19)11-16(17)21/h5,9,11,13-17,20-21H,3-4,6-8,10H2,1-2H3/t13?,14-,15+,16?,17-,18-,19-/m0/s1. The second kappa shape index (κ2) is 4.45. The van der Waals surface area contributed by atoms with Crippen LogP contribution in [0.4, 0.5) is 0 Å². The fourth-order valence-corrected chi connectivity index (χ4v) is 6.22. The highest BCUT2D eigenvalue weighted by atomic mass is 16.3. The fourth-order valence-electron chi connectivity index (χ4n) is 6.22. The third-order valence-electron chi connectivity index (χ3n) is 7.44. The Morgan fingerprint density at radius 2 is 1.90 bits per heavy atom. The molecule has 21 heavy (non-hydrogen) atoms. The van der Waals surface area contributed by atoms with Crippen molar-refractivity contribution in [2.75, 3.05) is 0 Å². The third-order valence-corrected chi connectivity index (χ3v) is 7.44. The lowest BCUT2D eigenvalue weighted by atomic mass is 9.48. The quantitative estimate of drug-likeness (QED) is 0.670. The molecule has 0 bridgehead atoms. The van der Waals surface area contributed by atoms with Gasteiger partial charge in [0, 0.05) is 5.41 Å². The minimum absolute atomic E-state index is 0.0625. The summed E-state index contributed by atoms with van der Waals surface area (Å²) in [5.41, 5.74) is 1.79. The first-order valence-electron chi connectivity index (χ1n) is 8.71. The van der Waals surface area contributed by atoms with Crippen molar-refractivity contribution in [3.8, 4) is 0 Å². The summed E-state index contributed by atoms with van der Waals surface area (Å²) < 4.78 is 0. The molecule has 4 aliphatic carbocycles. The molecule has 0 spiro atoms. The third kappa shape index (κ3) is 1.85. The molecule has 0 aromatic heterocycles. The molecular formula is C19H28O2. The van der Waals surface area contributed by atoms with E-state index in [1.165, 1.54) is 37.7 Å². The SMILES string of the molecule is C[C@@]12CCC[C@H]1[C@@H]1C(O)C=C3CC(O)C=C[C@]3(C)[C@@H]1CC2. The first-order chi connectivity index (χ1) is 9.94. The van der Waals surface area contributed by atoms with Crippen LogP contribution in [0.5, 0.6) is 0 Å². The maximum atomic E-state index is 10.8. The number of allylic oxidation sites excluding steroid dienone is 1. The molecule has 0 aromatic rings. The predicted octanol–water partition coefficient (Wildman–Crippen LogP) is 3.45. The smallest absolute Gasteiger partial charge is 0.0758 e. The lowest BCUT2D eigenvalue weighted by Gasteiger charge is -2.57. The average molecular weight is 288 g/mol. The highest BCUT2D eigenvalue weighted by Gasteiger charge is 2.57. The molecule has 2 N–H and O–H groups in total. The van der Waals surface area contributed by atoms with E-state index in [9.17, 15) is 10.2 Å². The molecule has 2 nitrogen and oxygen atoms in total. The van der Waals surface area contributed by atoms with Gasteiger partial charge in [-0.25, -0.2) is 0 Å². The van der Waals surface area contributed by atoms with E-state index in [0.29, 0.717) is 29.6 Å². The van der Waals surface area contributed by atoms with E-state index in [4.69, 9.17) is 0 Å². The molecule has 2 fully saturated rings. The monoisotopic (exact) mass is 288 g/mol. The summed E-state index contributed by atoms with van der Waals surface area (Å²) >= 11 is 0. The Bertz CT molecular complexity index is 508. The first kappa shape index (κ1) is 14.0. The molecule has 4 rings (SSSR count). The molecule has 0 amide bonds. The van der Waals surface area contributed by atoms with Gasteiger partial charge < -0.3 is 10.2 Å². The van der Waals surface area contributed by atoms with Gasteiger partial charge in [-0.3, -0.25) is 0 Å². The maximum Gasteiger partial charge on any atom is 0.0758 e.